The van der Waals surface area contributed by atoms with Gasteiger partial charge in [0.1, 0.15) is 5.69 Å². The number of aromatic nitrogens is 2. The molecule has 7 heteroatoms. The van der Waals surface area contributed by atoms with Crippen LogP contribution in [0, 0.1) is 6.92 Å². The number of benzene rings is 3. The average Bonchev–Trinajstić information content (AvgIpc) is 3.01. The molecule has 0 radical (unpaired) electrons. The maximum atomic E-state index is 13.6. The number of sulfone groups is 1. The van der Waals surface area contributed by atoms with Gasteiger partial charge in [-0.3, -0.25) is 0 Å². The van der Waals surface area contributed by atoms with Crippen LogP contribution in [0.5, 0.6) is 0 Å². The molecule has 0 N–H and O–H groups in total. The molecule has 27 heavy (non-hydrogen) atoms. The molecule has 0 unspecified atom stereocenters. The molecule has 0 aliphatic rings. The lowest BCUT2D eigenvalue weighted by Gasteiger charge is -2.08. The highest BCUT2D eigenvalue weighted by atomic mass is 32.2. The van der Waals surface area contributed by atoms with Crippen molar-refractivity contribution < 1.29 is 17.2 Å². The van der Waals surface area contributed by atoms with E-state index in [-0.39, 0.29) is 10.6 Å². The Balaban J connectivity index is 2.04. The monoisotopic (exact) mass is 386 g/mol. The highest BCUT2D eigenvalue weighted by Crippen LogP contribution is 2.34. The maximum absolute atomic E-state index is 13.6. The predicted octanol–water partition coefficient (Wildman–Crippen LogP) is 4.83. The van der Waals surface area contributed by atoms with E-state index in [1.54, 1.807) is 18.2 Å². The Morgan fingerprint density at radius 2 is 1.63 bits per heavy atom. The van der Waals surface area contributed by atoms with Crippen LogP contribution >= 0.6 is 0 Å². The lowest BCUT2D eigenvalue weighted by molar-refractivity contribution is 0.147. The lowest BCUT2D eigenvalue weighted by atomic mass is 10.0. The molecule has 0 fully saturated rings. The second-order valence-electron chi connectivity index (χ2n) is 6.55. The van der Waals surface area contributed by atoms with Gasteiger partial charge in [0.05, 0.1) is 16.1 Å². The Hall–Kier alpha value is -2.80. The van der Waals surface area contributed by atoms with E-state index in [2.05, 4.69) is 5.10 Å². The maximum Gasteiger partial charge on any atom is 0.282 e. The fourth-order valence-corrected chi connectivity index (χ4v) is 3.89. The summed E-state index contributed by atoms with van der Waals surface area (Å²) in [7, 11) is -3.34. The third kappa shape index (κ3) is 2.98. The first-order valence-corrected chi connectivity index (χ1v) is 10.2. The number of fused-ring (bicyclic) bond motifs is 3. The van der Waals surface area contributed by atoms with Crippen molar-refractivity contribution >= 4 is 31.5 Å². The zero-order valence-electron chi connectivity index (χ0n) is 14.6. The molecule has 0 aliphatic heterocycles. The molecule has 3 aromatic carbocycles. The molecule has 0 saturated heterocycles. The summed E-state index contributed by atoms with van der Waals surface area (Å²) in [6.45, 7) is 1.97. The predicted molar refractivity (Wildman–Crippen MR) is 101 cm³/mol. The van der Waals surface area contributed by atoms with Crippen LogP contribution in [-0.4, -0.2) is 24.5 Å². The fourth-order valence-electron chi connectivity index (χ4n) is 3.26. The number of hydrogen-bond acceptors (Lipinski definition) is 3. The van der Waals surface area contributed by atoms with Gasteiger partial charge in [0, 0.05) is 17.0 Å². The molecule has 0 aliphatic carbocycles. The minimum atomic E-state index is -3.34. The normalized spacial score (nSPS) is 12.3. The zero-order chi connectivity index (χ0) is 19.3. The topological polar surface area (TPSA) is 52.0 Å². The summed E-state index contributed by atoms with van der Waals surface area (Å²) in [4.78, 5) is 0.164. The molecule has 1 aromatic heterocycles. The van der Waals surface area contributed by atoms with E-state index in [0.717, 1.165) is 22.6 Å². The van der Waals surface area contributed by atoms with Gasteiger partial charge in [-0.15, -0.1) is 0 Å². The van der Waals surface area contributed by atoms with Gasteiger partial charge in [-0.2, -0.15) is 5.10 Å². The van der Waals surface area contributed by atoms with Gasteiger partial charge in [-0.1, -0.05) is 35.9 Å². The third-order valence-corrected chi connectivity index (χ3v) is 5.69. The van der Waals surface area contributed by atoms with E-state index in [1.165, 1.54) is 16.8 Å². The van der Waals surface area contributed by atoms with Gasteiger partial charge in [0.2, 0.25) is 0 Å². The molecule has 0 atom stereocenters. The first kappa shape index (κ1) is 17.6. The minimum Gasteiger partial charge on any atom is -0.232 e. The minimum absolute atomic E-state index is 0.164. The summed E-state index contributed by atoms with van der Waals surface area (Å²) in [6, 6.07) is 15.3. The van der Waals surface area contributed by atoms with Crippen molar-refractivity contribution in [2.45, 2.75) is 18.2 Å². The standard InChI is InChI=1S/C20H16F2N2O2S/c1-12-3-9-16-13(11-12)4-10-17-18(20(21)22)23-24(19(16)17)14-5-7-15(8-6-14)27(2,25)26/h3-11,20H,1-2H3. The summed E-state index contributed by atoms with van der Waals surface area (Å²) in [6.07, 6.45) is -1.59. The molecule has 4 nitrogen and oxygen atoms in total. The highest BCUT2D eigenvalue weighted by Gasteiger charge is 2.21. The van der Waals surface area contributed by atoms with Gasteiger partial charge in [-0.05, 0) is 36.6 Å². The van der Waals surface area contributed by atoms with Crippen LogP contribution in [0.1, 0.15) is 17.7 Å². The number of hydrogen-bond donors (Lipinski definition) is 0. The summed E-state index contributed by atoms with van der Waals surface area (Å²) >= 11 is 0. The van der Waals surface area contributed by atoms with Crippen LogP contribution in [0.15, 0.2) is 59.5 Å². The van der Waals surface area contributed by atoms with Crippen molar-refractivity contribution in [1.82, 2.24) is 9.78 Å². The van der Waals surface area contributed by atoms with Crippen molar-refractivity contribution in [1.29, 1.82) is 0 Å². The van der Waals surface area contributed by atoms with Crippen LogP contribution in [0.25, 0.3) is 27.4 Å². The molecular weight excluding hydrogens is 370 g/mol. The van der Waals surface area contributed by atoms with Crippen molar-refractivity contribution in [2.24, 2.45) is 0 Å². The highest BCUT2D eigenvalue weighted by molar-refractivity contribution is 7.90. The van der Waals surface area contributed by atoms with Gasteiger partial charge in [0.15, 0.2) is 9.84 Å². The Bertz CT molecular complexity index is 1280. The van der Waals surface area contributed by atoms with E-state index in [0.29, 0.717) is 16.6 Å². The number of rotatable bonds is 3. The molecule has 4 rings (SSSR count). The Labute approximate surface area is 155 Å². The van der Waals surface area contributed by atoms with Gasteiger partial charge in [-0.25, -0.2) is 21.9 Å². The summed E-state index contributed by atoms with van der Waals surface area (Å²) in [5.41, 5.74) is 1.88. The van der Waals surface area contributed by atoms with Gasteiger partial charge >= 0.3 is 0 Å². The average molecular weight is 386 g/mol. The zero-order valence-corrected chi connectivity index (χ0v) is 15.5. The van der Waals surface area contributed by atoms with Crippen LogP contribution < -0.4 is 0 Å². The SMILES string of the molecule is Cc1ccc2c(ccc3c(C(F)F)nn(-c4ccc(S(C)(=O)=O)cc4)c32)c1. The molecule has 0 saturated carbocycles. The molecule has 0 spiro atoms. The van der Waals surface area contributed by atoms with Crippen molar-refractivity contribution in [3.05, 3.63) is 65.9 Å². The number of aryl methyl sites for hydroxylation is 1. The Morgan fingerprint density at radius 3 is 2.26 bits per heavy atom. The molecule has 138 valence electrons. The summed E-state index contributed by atoms with van der Waals surface area (Å²) in [5, 5.41) is 6.26. The van der Waals surface area contributed by atoms with Crippen molar-refractivity contribution in [3.63, 3.8) is 0 Å². The number of alkyl halides is 2. The molecule has 0 amide bonds. The van der Waals surface area contributed by atoms with Crippen LogP contribution in [-0.2, 0) is 9.84 Å². The summed E-state index contributed by atoms with van der Waals surface area (Å²) in [5.74, 6) is 0. The van der Waals surface area contributed by atoms with E-state index in [1.807, 2.05) is 31.2 Å². The first-order valence-electron chi connectivity index (χ1n) is 8.26. The quantitative estimate of drug-likeness (QED) is 0.507. The third-order valence-electron chi connectivity index (χ3n) is 4.56. The van der Waals surface area contributed by atoms with Crippen LogP contribution in [0.3, 0.4) is 0 Å². The molecule has 4 aromatic rings. The molecule has 0 bridgehead atoms. The van der Waals surface area contributed by atoms with E-state index in [4.69, 9.17) is 0 Å². The largest absolute Gasteiger partial charge is 0.282 e. The Morgan fingerprint density at radius 1 is 0.963 bits per heavy atom. The van der Waals surface area contributed by atoms with Crippen molar-refractivity contribution in [3.8, 4) is 5.69 Å². The lowest BCUT2D eigenvalue weighted by Crippen LogP contribution is -2.00. The van der Waals surface area contributed by atoms with E-state index >= 15 is 0 Å². The second kappa shape index (κ2) is 6.13. The van der Waals surface area contributed by atoms with E-state index < -0.39 is 16.3 Å². The van der Waals surface area contributed by atoms with E-state index in [9.17, 15) is 17.2 Å². The van der Waals surface area contributed by atoms with Crippen LogP contribution in [0.2, 0.25) is 0 Å². The van der Waals surface area contributed by atoms with Crippen molar-refractivity contribution in [2.75, 3.05) is 6.26 Å². The fraction of sp³-hybridized carbons (Fsp3) is 0.150. The summed E-state index contributed by atoms with van der Waals surface area (Å²) < 4.78 is 51.9. The Kier molecular flexibility index (Phi) is 3.99. The number of nitrogens with zero attached hydrogens (tertiary/aromatic N) is 2. The molecule has 1 heterocycles. The first-order chi connectivity index (χ1) is 12.8. The molecular formula is C20H16F2N2O2S. The second-order valence-corrected chi connectivity index (χ2v) is 8.57. The van der Waals surface area contributed by atoms with Gasteiger partial charge in [0.25, 0.3) is 6.43 Å². The smallest absolute Gasteiger partial charge is 0.232 e. The van der Waals surface area contributed by atoms with Gasteiger partial charge < -0.3 is 0 Å². The van der Waals surface area contributed by atoms with Crippen LogP contribution in [0.4, 0.5) is 8.78 Å². The number of halogens is 2.